The van der Waals surface area contributed by atoms with Crippen LogP contribution in [0, 0.1) is 0 Å². The molecule has 0 spiro atoms. The Morgan fingerprint density at radius 1 is 0.952 bits per heavy atom. The highest BCUT2D eigenvalue weighted by atomic mass is 16.7. The summed E-state index contributed by atoms with van der Waals surface area (Å²) in [5.41, 5.74) is 6.67. The molecule has 4 aromatic heterocycles. The lowest BCUT2D eigenvalue weighted by molar-refractivity contribution is -0.148. The molecular formula is C27H25N9O6. The summed E-state index contributed by atoms with van der Waals surface area (Å²) in [6, 6.07) is 12.1. The third-order valence-electron chi connectivity index (χ3n) is 5.90. The van der Waals surface area contributed by atoms with Gasteiger partial charge in [0.1, 0.15) is 6.04 Å². The van der Waals surface area contributed by atoms with E-state index in [-0.39, 0.29) is 42.1 Å². The third kappa shape index (κ3) is 6.95. The maximum atomic E-state index is 13.0. The molecule has 0 aliphatic carbocycles. The van der Waals surface area contributed by atoms with Crippen LogP contribution in [0.15, 0.2) is 84.3 Å². The van der Waals surface area contributed by atoms with Crippen molar-refractivity contribution >= 4 is 40.6 Å². The Bertz CT molecular complexity index is 1750. The van der Waals surface area contributed by atoms with Crippen LogP contribution in [0.4, 0.5) is 11.6 Å². The van der Waals surface area contributed by atoms with Crippen LogP contribution in [0.3, 0.4) is 0 Å². The molecule has 15 heteroatoms. The van der Waals surface area contributed by atoms with Crippen molar-refractivity contribution in [3.05, 3.63) is 101 Å². The standard InChI is InChI=1S/C27H25N9O6/c28-27-33-23-22(25(39)34-27)31-19(16-30-23)15-29-18-7-5-17(6-8-18)24(38)32-20(26(40)42-36-13-3-4-14-36)9-10-21(37)41-35-11-1-2-12-35/h1-8,11-14,16,20,29H,9-10,15H2,(H,32,38)(H3,28,30,33,34,39)/t20-/m0/s1. The van der Waals surface area contributed by atoms with E-state index in [1.54, 1.807) is 60.9 Å². The maximum Gasteiger partial charge on any atom is 0.354 e. The Kier molecular flexibility index (Phi) is 8.18. The summed E-state index contributed by atoms with van der Waals surface area (Å²) in [6.45, 7) is 0.241. The average molecular weight is 572 g/mol. The summed E-state index contributed by atoms with van der Waals surface area (Å²) in [5, 5.41) is 5.77. The summed E-state index contributed by atoms with van der Waals surface area (Å²) >= 11 is 0. The molecule has 5 aromatic rings. The smallest absolute Gasteiger partial charge is 0.354 e. The maximum absolute atomic E-state index is 13.0. The number of carbonyl (C=O) groups is 3. The number of aromatic nitrogens is 6. The summed E-state index contributed by atoms with van der Waals surface area (Å²) in [7, 11) is 0. The Morgan fingerprint density at radius 3 is 2.31 bits per heavy atom. The monoisotopic (exact) mass is 571 g/mol. The molecule has 5 rings (SSSR count). The highest BCUT2D eigenvalue weighted by molar-refractivity contribution is 5.97. The molecule has 0 unspecified atom stereocenters. The van der Waals surface area contributed by atoms with Gasteiger partial charge in [0.05, 0.1) is 24.9 Å². The summed E-state index contributed by atoms with van der Waals surface area (Å²) in [5.74, 6) is -1.92. The van der Waals surface area contributed by atoms with E-state index in [1.807, 2.05) is 0 Å². The second-order valence-corrected chi connectivity index (χ2v) is 8.94. The lowest BCUT2D eigenvalue weighted by Crippen LogP contribution is -2.45. The molecule has 0 saturated heterocycles. The van der Waals surface area contributed by atoms with E-state index in [0.717, 1.165) is 0 Å². The zero-order valence-corrected chi connectivity index (χ0v) is 22.0. The molecule has 0 fully saturated rings. The lowest BCUT2D eigenvalue weighted by atomic mass is 10.1. The number of H-pyrrole nitrogens is 1. The van der Waals surface area contributed by atoms with Crippen molar-refractivity contribution in [1.29, 1.82) is 0 Å². The van der Waals surface area contributed by atoms with Gasteiger partial charge in [0, 0.05) is 36.0 Å². The molecule has 42 heavy (non-hydrogen) atoms. The second-order valence-electron chi connectivity index (χ2n) is 8.94. The van der Waals surface area contributed by atoms with Gasteiger partial charge in [0.15, 0.2) is 11.2 Å². The Morgan fingerprint density at radius 2 is 1.62 bits per heavy atom. The fourth-order valence-corrected chi connectivity index (χ4v) is 3.84. The minimum atomic E-state index is -1.13. The molecule has 1 atom stereocenters. The number of hydrogen-bond donors (Lipinski definition) is 4. The Balaban J connectivity index is 1.20. The number of anilines is 2. The average Bonchev–Trinajstić information content (AvgIpc) is 3.69. The predicted molar refractivity (Wildman–Crippen MR) is 149 cm³/mol. The predicted octanol–water partition coefficient (Wildman–Crippen LogP) is 0.700. The van der Waals surface area contributed by atoms with Crippen LogP contribution < -0.4 is 31.6 Å². The lowest BCUT2D eigenvalue weighted by Gasteiger charge is -2.17. The van der Waals surface area contributed by atoms with Gasteiger partial charge >= 0.3 is 17.5 Å². The van der Waals surface area contributed by atoms with Crippen molar-refractivity contribution in [2.45, 2.75) is 25.4 Å². The quantitative estimate of drug-likeness (QED) is 0.174. The molecular weight excluding hydrogens is 546 g/mol. The van der Waals surface area contributed by atoms with Gasteiger partial charge < -0.3 is 31.0 Å². The molecule has 15 nitrogen and oxygen atoms in total. The third-order valence-corrected chi connectivity index (χ3v) is 5.90. The van der Waals surface area contributed by atoms with E-state index in [1.165, 1.54) is 28.1 Å². The van der Waals surface area contributed by atoms with Crippen LogP contribution >= 0.6 is 0 Å². The van der Waals surface area contributed by atoms with Crippen molar-refractivity contribution in [3.8, 4) is 0 Å². The number of nitrogens with one attached hydrogen (secondary N) is 3. The van der Waals surface area contributed by atoms with Crippen molar-refractivity contribution < 1.29 is 24.1 Å². The molecule has 5 N–H and O–H groups in total. The molecule has 0 aliphatic heterocycles. The number of nitrogens with zero attached hydrogens (tertiary/aromatic N) is 5. The molecule has 0 radical (unpaired) electrons. The van der Waals surface area contributed by atoms with Crippen LogP contribution in [0.25, 0.3) is 11.2 Å². The van der Waals surface area contributed by atoms with Gasteiger partial charge in [-0.2, -0.15) is 14.4 Å². The van der Waals surface area contributed by atoms with Crippen molar-refractivity contribution in [1.82, 2.24) is 34.7 Å². The van der Waals surface area contributed by atoms with E-state index in [0.29, 0.717) is 11.4 Å². The van der Waals surface area contributed by atoms with E-state index >= 15 is 0 Å². The minimum absolute atomic E-state index is 0.0451. The topological polar surface area (TPSA) is 201 Å². The van der Waals surface area contributed by atoms with Crippen LogP contribution in [-0.4, -0.2) is 53.3 Å². The van der Waals surface area contributed by atoms with Gasteiger partial charge in [-0.15, -0.1) is 0 Å². The summed E-state index contributed by atoms with van der Waals surface area (Å²) < 4.78 is 2.44. The van der Waals surface area contributed by atoms with Crippen molar-refractivity contribution in [2.24, 2.45) is 0 Å². The first-order valence-electron chi connectivity index (χ1n) is 12.7. The first kappa shape index (κ1) is 27.6. The molecule has 4 heterocycles. The van der Waals surface area contributed by atoms with Gasteiger partial charge in [-0.25, -0.2) is 19.6 Å². The zero-order valence-electron chi connectivity index (χ0n) is 22.0. The largest absolute Gasteiger partial charge is 0.379 e. The Labute approximate surface area is 237 Å². The molecule has 1 amide bonds. The van der Waals surface area contributed by atoms with E-state index in [2.05, 4.69) is 30.6 Å². The van der Waals surface area contributed by atoms with Crippen LogP contribution in [0.2, 0.25) is 0 Å². The van der Waals surface area contributed by atoms with Gasteiger partial charge in [-0.05, 0) is 55.0 Å². The number of amides is 1. The zero-order chi connectivity index (χ0) is 29.5. The van der Waals surface area contributed by atoms with Crippen molar-refractivity contribution in [2.75, 3.05) is 11.1 Å². The van der Waals surface area contributed by atoms with Gasteiger partial charge in [0.2, 0.25) is 5.95 Å². The fraction of sp³-hybridized carbons (Fsp3) is 0.148. The summed E-state index contributed by atoms with van der Waals surface area (Å²) in [4.78, 5) is 75.3. The first-order chi connectivity index (χ1) is 20.3. The summed E-state index contributed by atoms with van der Waals surface area (Å²) in [6.07, 6.45) is 7.45. The van der Waals surface area contributed by atoms with Crippen LogP contribution in [-0.2, 0) is 16.1 Å². The number of aromatic amines is 1. The van der Waals surface area contributed by atoms with E-state index in [9.17, 15) is 19.2 Å². The van der Waals surface area contributed by atoms with Gasteiger partial charge in [-0.3, -0.25) is 9.59 Å². The van der Waals surface area contributed by atoms with Crippen molar-refractivity contribution in [3.63, 3.8) is 0 Å². The fourth-order valence-electron chi connectivity index (χ4n) is 3.84. The minimum Gasteiger partial charge on any atom is -0.379 e. The molecule has 0 saturated carbocycles. The highest BCUT2D eigenvalue weighted by Gasteiger charge is 2.25. The second kappa shape index (κ2) is 12.5. The van der Waals surface area contributed by atoms with Gasteiger partial charge in [0.25, 0.3) is 5.91 Å². The number of nitrogens with two attached hydrogens (primary N) is 1. The normalized spacial score (nSPS) is 11.5. The highest BCUT2D eigenvalue weighted by Crippen LogP contribution is 2.12. The van der Waals surface area contributed by atoms with E-state index < -0.39 is 29.4 Å². The molecule has 214 valence electrons. The number of carbonyl (C=O) groups excluding carboxylic acids is 3. The molecule has 1 aromatic carbocycles. The molecule has 0 bridgehead atoms. The number of nitrogen functional groups attached to an aromatic ring is 1. The SMILES string of the molecule is Nc1nc(=O)c2nc(CNc3ccc(C(=O)N[C@@H](CCC(=O)On4cccc4)C(=O)On4cccc4)cc3)cnc2[nH]1. The van der Waals surface area contributed by atoms with Crippen LogP contribution in [0.5, 0.6) is 0 Å². The number of rotatable bonds is 11. The number of hydrogen-bond acceptors (Lipinski definition) is 11. The first-order valence-corrected chi connectivity index (χ1v) is 12.7. The number of fused-ring (bicyclic) bond motifs is 1. The van der Waals surface area contributed by atoms with E-state index in [4.69, 9.17) is 15.4 Å². The van der Waals surface area contributed by atoms with Crippen LogP contribution in [0.1, 0.15) is 28.9 Å². The Hall–Kier alpha value is -5.99. The van der Waals surface area contributed by atoms with Gasteiger partial charge in [-0.1, -0.05) is 0 Å². The molecule has 0 aliphatic rings. The number of benzene rings is 1.